The molecule has 0 fully saturated rings. The van der Waals surface area contributed by atoms with Gasteiger partial charge in [-0.3, -0.25) is 9.59 Å². The monoisotopic (exact) mass is 416 g/mol. The fourth-order valence-corrected chi connectivity index (χ4v) is 2.18. The van der Waals surface area contributed by atoms with E-state index in [-0.39, 0.29) is 11.3 Å². The summed E-state index contributed by atoms with van der Waals surface area (Å²) in [5, 5.41) is 11.3. The summed E-state index contributed by atoms with van der Waals surface area (Å²) in [5.41, 5.74) is -1.26. The lowest BCUT2D eigenvalue weighted by Crippen LogP contribution is -2.28. The van der Waals surface area contributed by atoms with Gasteiger partial charge in [0.1, 0.15) is 5.75 Å². The second-order valence-electron chi connectivity index (χ2n) is 5.56. The van der Waals surface area contributed by atoms with Gasteiger partial charge in [0.05, 0.1) is 11.6 Å². The number of halogens is 6. The van der Waals surface area contributed by atoms with Crippen LogP contribution in [-0.2, 0) is 11.0 Å². The number of rotatable bonds is 5. The first-order valence-corrected chi connectivity index (χ1v) is 7.68. The van der Waals surface area contributed by atoms with Crippen LogP contribution in [-0.4, -0.2) is 18.1 Å². The van der Waals surface area contributed by atoms with Crippen LogP contribution < -0.4 is 10.1 Å². The van der Waals surface area contributed by atoms with Gasteiger partial charge in [-0.25, -0.2) is 0 Å². The van der Waals surface area contributed by atoms with Crippen molar-refractivity contribution in [3.63, 3.8) is 0 Å². The Morgan fingerprint density at radius 3 is 1.93 bits per heavy atom. The number of nitriles is 1. The summed E-state index contributed by atoms with van der Waals surface area (Å²) in [6, 6.07) is 8.32. The minimum atomic E-state index is -4.93. The van der Waals surface area contributed by atoms with Gasteiger partial charge in [0.15, 0.2) is 11.7 Å². The fraction of sp³-hybridized carbons (Fsp3) is 0.167. The molecule has 2 aromatic rings. The van der Waals surface area contributed by atoms with E-state index in [0.717, 1.165) is 36.4 Å². The zero-order valence-electron chi connectivity index (χ0n) is 14.1. The van der Waals surface area contributed by atoms with Crippen molar-refractivity contribution in [3.05, 3.63) is 59.7 Å². The van der Waals surface area contributed by atoms with Crippen LogP contribution in [0.4, 0.5) is 32.0 Å². The van der Waals surface area contributed by atoms with Gasteiger partial charge >= 0.3 is 12.5 Å². The SMILES string of the molecule is N#CC(C(=O)Nc1ccc(C(F)(F)F)cc1)C(=O)c1ccc(OC(F)(F)F)cc1. The molecule has 152 valence electrons. The molecule has 11 heteroatoms. The van der Waals surface area contributed by atoms with Crippen molar-refractivity contribution in [3.8, 4) is 11.8 Å². The molecule has 29 heavy (non-hydrogen) atoms. The molecule has 5 nitrogen and oxygen atoms in total. The van der Waals surface area contributed by atoms with Crippen LogP contribution in [0.2, 0.25) is 0 Å². The Kier molecular flexibility index (Phi) is 6.16. The van der Waals surface area contributed by atoms with Gasteiger partial charge in [0.25, 0.3) is 0 Å². The van der Waals surface area contributed by atoms with Gasteiger partial charge in [-0.2, -0.15) is 18.4 Å². The predicted octanol–water partition coefficient (Wildman–Crippen LogP) is 4.57. The topological polar surface area (TPSA) is 79.2 Å². The second-order valence-corrected chi connectivity index (χ2v) is 5.56. The van der Waals surface area contributed by atoms with Crippen LogP contribution in [0.3, 0.4) is 0 Å². The van der Waals surface area contributed by atoms with Crippen LogP contribution in [0.1, 0.15) is 15.9 Å². The Labute approximate surface area is 159 Å². The Balaban J connectivity index is 2.11. The summed E-state index contributed by atoms with van der Waals surface area (Å²) in [7, 11) is 0. The molecule has 0 aliphatic rings. The molecule has 0 spiro atoms. The maximum absolute atomic E-state index is 12.5. The lowest BCUT2D eigenvalue weighted by Gasteiger charge is -2.12. The molecule has 1 N–H and O–H groups in total. The molecular weight excluding hydrogens is 406 g/mol. The molecule has 1 amide bonds. The molecule has 0 radical (unpaired) electrons. The number of anilines is 1. The van der Waals surface area contributed by atoms with Crippen molar-refractivity contribution >= 4 is 17.4 Å². The molecule has 1 atom stereocenters. The highest BCUT2D eigenvalue weighted by molar-refractivity contribution is 6.15. The minimum Gasteiger partial charge on any atom is -0.406 e. The number of carbonyl (C=O) groups excluding carboxylic acids is 2. The Morgan fingerprint density at radius 2 is 1.48 bits per heavy atom. The number of Topliss-reactive ketones (excluding diaryl/α,β-unsaturated/α-hetero) is 1. The summed E-state index contributed by atoms with van der Waals surface area (Å²) < 4.78 is 77.7. The van der Waals surface area contributed by atoms with Crippen molar-refractivity contribution in [1.29, 1.82) is 5.26 Å². The standard InChI is InChI=1S/C18H10F6N2O3/c19-17(20,21)11-3-5-12(6-4-11)26-16(28)14(9-25)15(27)10-1-7-13(8-2-10)29-18(22,23)24/h1-8,14H,(H,26,28). The number of ketones is 1. The maximum atomic E-state index is 12.5. The van der Waals surface area contributed by atoms with Crippen molar-refractivity contribution in [1.82, 2.24) is 0 Å². The smallest absolute Gasteiger partial charge is 0.406 e. The zero-order chi connectivity index (χ0) is 21.8. The first-order chi connectivity index (χ1) is 13.4. The molecule has 1 unspecified atom stereocenters. The van der Waals surface area contributed by atoms with Gasteiger partial charge in [-0.05, 0) is 48.5 Å². The third-order valence-electron chi connectivity index (χ3n) is 3.51. The molecule has 0 bridgehead atoms. The normalized spacial score (nSPS) is 12.6. The quantitative estimate of drug-likeness (QED) is 0.440. The van der Waals surface area contributed by atoms with E-state index < -0.39 is 41.5 Å². The van der Waals surface area contributed by atoms with Crippen LogP contribution in [0, 0.1) is 17.2 Å². The number of amides is 1. The third kappa shape index (κ3) is 5.97. The maximum Gasteiger partial charge on any atom is 0.573 e. The highest BCUT2D eigenvalue weighted by atomic mass is 19.4. The van der Waals surface area contributed by atoms with Gasteiger partial charge in [0.2, 0.25) is 5.91 Å². The molecule has 0 heterocycles. The van der Waals surface area contributed by atoms with Crippen LogP contribution >= 0.6 is 0 Å². The molecule has 2 rings (SSSR count). The second kappa shape index (κ2) is 8.22. The molecule has 0 saturated carbocycles. The molecular formula is C18H10F6N2O3. The number of alkyl halides is 6. The number of nitrogens with zero attached hydrogens (tertiary/aromatic N) is 1. The number of carbonyl (C=O) groups is 2. The van der Waals surface area contributed by atoms with Crippen LogP contribution in [0.25, 0.3) is 0 Å². The summed E-state index contributed by atoms with van der Waals surface area (Å²) in [4.78, 5) is 24.4. The van der Waals surface area contributed by atoms with Crippen molar-refractivity contribution in [2.24, 2.45) is 5.92 Å². The molecule has 2 aromatic carbocycles. The Hall–Kier alpha value is -3.55. The number of ether oxygens (including phenoxy) is 1. The van der Waals surface area contributed by atoms with E-state index in [1.807, 2.05) is 0 Å². The molecule has 0 saturated heterocycles. The molecule has 0 aromatic heterocycles. The van der Waals surface area contributed by atoms with Gasteiger partial charge < -0.3 is 10.1 Å². The lowest BCUT2D eigenvalue weighted by atomic mass is 9.98. The van der Waals surface area contributed by atoms with E-state index in [9.17, 15) is 35.9 Å². The number of hydrogen-bond acceptors (Lipinski definition) is 4. The van der Waals surface area contributed by atoms with Gasteiger partial charge in [0, 0.05) is 11.3 Å². The zero-order valence-corrected chi connectivity index (χ0v) is 14.1. The summed E-state index contributed by atoms with van der Waals surface area (Å²) in [6.07, 6.45) is -9.50. The average Bonchev–Trinajstić information content (AvgIpc) is 2.61. The van der Waals surface area contributed by atoms with E-state index in [1.165, 1.54) is 6.07 Å². The van der Waals surface area contributed by atoms with E-state index in [1.54, 1.807) is 0 Å². The summed E-state index contributed by atoms with van der Waals surface area (Å²) >= 11 is 0. The number of benzene rings is 2. The van der Waals surface area contributed by atoms with E-state index >= 15 is 0 Å². The third-order valence-corrected chi connectivity index (χ3v) is 3.51. The molecule has 0 aliphatic carbocycles. The Morgan fingerprint density at radius 1 is 0.931 bits per heavy atom. The van der Waals surface area contributed by atoms with Crippen molar-refractivity contribution in [2.75, 3.05) is 5.32 Å². The predicted molar refractivity (Wildman–Crippen MR) is 86.6 cm³/mol. The largest absolute Gasteiger partial charge is 0.573 e. The van der Waals surface area contributed by atoms with E-state index in [2.05, 4.69) is 10.1 Å². The number of hydrogen-bond donors (Lipinski definition) is 1. The summed E-state index contributed by atoms with van der Waals surface area (Å²) in [5.74, 6) is -4.58. The van der Waals surface area contributed by atoms with Gasteiger partial charge in [-0.15, -0.1) is 13.2 Å². The van der Waals surface area contributed by atoms with Crippen LogP contribution in [0.15, 0.2) is 48.5 Å². The lowest BCUT2D eigenvalue weighted by molar-refractivity contribution is -0.274. The minimum absolute atomic E-state index is 0.0787. The first-order valence-electron chi connectivity index (χ1n) is 7.68. The first kappa shape index (κ1) is 21.7. The number of nitrogens with one attached hydrogen (secondary N) is 1. The van der Waals surface area contributed by atoms with Gasteiger partial charge in [-0.1, -0.05) is 0 Å². The van der Waals surface area contributed by atoms with E-state index in [4.69, 9.17) is 5.26 Å². The van der Waals surface area contributed by atoms with Crippen molar-refractivity contribution < 1.29 is 40.7 Å². The fourth-order valence-electron chi connectivity index (χ4n) is 2.18. The van der Waals surface area contributed by atoms with Crippen LogP contribution in [0.5, 0.6) is 5.75 Å². The Bertz CT molecular complexity index is 929. The summed E-state index contributed by atoms with van der Waals surface area (Å²) in [6.45, 7) is 0. The van der Waals surface area contributed by atoms with E-state index in [0.29, 0.717) is 12.1 Å². The average molecular weight is 416 g/mol. The molecule has 0 aliphatic heterocycles. The highest BCUT2D eigenvalue weighted by Crippen LogP contribution is 2.30. The highest BCUT2D eigenvalue weighted by Gasteiger charge is 2.32. The van der Waals surface area contributed by atoms with Crippen molar-refractivity contribution in [2.45, 2.75) is 12.5 Å².